The number of oxazole rings is 1. The van der Waals surface area contributed by atoms with E-state index in [4.69, 9.17) is 13.8 Å². The van der Waals surface area contributed by atoms with Gasteiger partial charge in [0.1, 0.15) is 11.1 Å². The van der Waals surface area contributed by atoms with E-state index in [2.05, 4.69) is 150 Å². The third-order valence-electron chi connectivity index (χ3n) is 10.9. The van der Waals surface area contributed by atoms with Crippen LogP contribution in [-0.2, 0) is 5.41 Å². The zero-order valence-corrected chi connectivity index (χ0v) is 29.5. The minimum atomic E-state index is -0.0950. The molecule has 0 N–H and O–H groups in total. The summed E-state index contributed by atoms with van der Waals surface area (Å²) in [7, 11) is 0. The fourth-order valence-corrected chi connectivity index (χ4v) is 8.94. The van der Waals surface area contributed by atoms with E-state index in [0.717, 1.165) is 76.1 Å². The molecule has 3 heterocycles. The Kier molecular flexibility index (Phi) is 5.84. The summed E-state index contributed by atoms with van der Waals surface area (Å²) in [5.74, 6) is 0.615. The fraction of sp³-hybridized carbons (Fsp3) is 0.0652. The van der Waals surface area contributed by atoms with E-state index in [1.807, 2.05) is 24.3 Å². The predicted molar refractivity (Wildman–Crippen MR) is 212 cm³/mol. The van der Waals surface area contributed by atoms with Crippen LogP contribution in [0.15, 0.2) is 153 Å². The van der Waals surface area contributed by atoms with Gasteiger partial charge in [0.05, 0.1) is 16.7 Å². The number of hydrogen-bond acceptors (Lipinski definition) is 3. The van der Waals surface area contributed by atoms with Crippen LogP contribution < -0.4 is 0 Å². The minimum Gasteiger partial charge on any atom is -0.454 e. The van der Waals surface area contributed by atoms with Gasteiger partial charge < -0.3 is 13.4 Å². The maximum absolute atomic E-state index is 6.91. The Labute approximate surface area is 301 Å². The number of fused-ring (bicyclic) bond motifs is 10. The molecular weight excluding hydrogens is 692 g/mol. The van der Waals surface area contributed by atoms with Crippen LogP contribution in [0.5, 0.6) is 0 Å². The Morgan fingerprint density at radius 1 is 0.588 bits per heavy atom. The number of hydrogen-bond donors (Lipinski definition) is 0. The van der Waals surface area contributed by atoms with E-state index in [1.165, 1.54) is 27.8 Å². The molecule has 0 saturated heterocycles. The van der Waals surface area contributed by atoms with Crippen molar-refractivity contribution in [3.8, 4) is 39.4 Å². The first-order valence-electron chi connectivity index (χ1n) is 17.2. The average molecular weight is 722 g/mol. The summed E-state index contributed by atoms with van der Waals surface area (Å²) < 4.78 is 16.5. The van der Waals surface area contributed by atoms with Gasteiger partial charge in [-0.1, -0.05) is 109 Å². The van der Waals surface area contributed by atoms with Crippen LogP contribution in [0.2, 0.25) is 0 Å². The lowest BCUT2D eigenvalue weighted by atomic mass is 9.82. The van der Waals surface area contributed by atoms with Crippen LogP contribution in [0, 0.1) is 0 Å². The van der Waals surface area contributed by atoms with Crippen molar-refractivity contribution in [2.75, 3.05) is 0 Å². The zero-order valence-electron chi connectivity index (χ0n) is 27.9. The number of halogens is 1. The average Bonchev–Trinajstić information content (AvgIpc) is 3.90. The zero-order chi connectivity index (χ0) is 34.0. The molecule has 10 aromatic rings. The maximum Gasteiger partial charge on any atom is 0.227 e. The van der Waals surface area contributed by atoms with Gasteiger partial charge in [0, 0.05) is 37.0 Å². The highest BCUT2D eigenvalue weighted by Crippen LogP contribution is 2.53. The van der Waals surface area contributed by atoms with Gasteiger partial charge in [-0.15, -0.1) is 0 Å². The molecule has 242 valence electrons. The predicted octanol–water partition coefficient (Wildman–Crippen LogP) is 13.2. The molecule has 0 atom stereocenters. The van der Waals surface area contributed by atoms with E-state index in [1.54, 1.807) is 0 Å². The van der Waals surface area contributed by atoms with Crippen molar-refractivity contribution < 1.29 is 8.83 Å². The smallest absolute Gasteiger partial charge is 0.227 e. The summed E-state index contributed by atoms with van der Waals surface area (Å²) in [6.45, 7) is 4.67. The number of nitrogens with zero attached hydrogens (tertiary/aromatic N) is 2. The molecule has 0 saturated carbocycles. The van der Waals surface area contributed by atoms with Crippen molar-refractivity contribution >= 4 is 70.8 Å². The van der Waals surface area contributed by atoms with Crippen LogP contribution in [-0.4, -0.2) is 9.55 Å². The molecular formula is C46H29BrN2O2. The number of aromatic nitrogens is 2. The van der Waals surface area contributed by atoms with Crippen molar-refractivity contribution in [2.24, 2.45) is 0 Å². The highest BCUT2D eigenvalue weighted by atomic mass is 79.9. The Morgan fingerprint density at radius 3 is 2.29 bits per heavy atom. The maximum atomic E-state index is 6.91. The van der Waals surface area contributed by atoms with Crippen LogP contribution in [0.3, 0.4) is 0 Å². The Morgan fingerprint density at radius 2 is 1.37 bits per heavy atom. The molecule has 5 heteroatoms. The first kappa shape index (κ1) is 28.9. The summed E-state index contributed by atoms with van der Waals surface area (Å²) in [5, 5.41) is 4.47. The molecule has 1 aliphatic rings. The molecule has 0 spiro atoms. The molecule has 1 aliphatic carbocycles. The molecule has 0 bridgehead atoms. The summed E-state index contributed by atoms with van der Waals surface area (Å²) in [4.78, 5) is 4.80. The van der Waals surface area contributed by atoms with Gasteiger partial charge >= 0.3 is 0 Å². The first-order chi connectivity index (χ1) is 25.0. The number of para-hydroxylation sites is 3. The second-order valence-electron chi connectivity index (χ2n) is 14.0. The monoisotopic (exact) mass is 720 g/mol. The number of benzene rings is 7. The molecule has 4 nitrogen and oxygen atoms in total. The van der Waals surface area contributed by atoms with Crippen LogP contribution >= 0.6 is 15.9 Å². The van der Waals surface area contributed by atoms with Gasteiger partial charge in [-0.25, -0.2) is 4.98 Å². The van der Waals surface area contributed by atoms with Crippen LogP contribution in [0.4, 0.5) is 0 Å². The second kappa shape index (κ2) is 10.3. The van der Waals surface area contributed by atoms with Crippen molar-refractivity contribution in [1.29, 1.82) is 0 Å². The van der Waals surface area contributed by atoms with Crippen LogP contribution in [0.25, 0.3) is 94.2 Å². The molecule has 0 amide bonds. The summed E-state index contributed by atoms with van der Waals surface area (Å²) >= 11 is 3.77. The van der Waals surface area contributed by atoms with Gasteiger partial charge in [0.2, 0.25) is 5.89 Å². The number of rotatable bonds is 3. The molecule has 7 aromatic carbocycles. The quantitative estimate of drug-likeness (QED) is 0.182. The summed E-state index contributed by atoms with van der Waals surface area (Å²) in [6.07, 6.45) is 0. The highest BCUT2D eigenvalue weighted by Gasteiger charge is 2.37. The molecule has 0 fully saturated rings. The van der Waals surface area contributed by atoms with Gasteiger partial charge in [-0.05, 0) is 94.0 Å². The van der Waals surface area contributed by atoms with Crippen molar-refractivity contribution in [3.05, 3.63) is 155 Å². The lowest BCUT2D eigenvalue weighted by Gasteiger charge is -2.21. The van der Waals surface area contributed by atoms with Gasteiger partial charge in [-0.2, -0.15) is 0 Å². The second-order valence-corrected chi connectivity index (χ2v) is 15.0. The fourth-order valence-electron chi connectivity index (χ4n) is 8.58. The minimum absolute atomic E-state index is 0.0950. The third kappa shape index (κ3) is 3.98. The molecule has 3 aromatic heterocycles. The van der Waals surface area contributed by atoms with E-state index >= 15 is 0 Å². The molecule has 11 rings (SSSR count). The molecule has 0 aliphatic heterocycles. The lowest BCUT2D eigenvalue weighted by molar-refractivity contribution is 0.620. The van der Waals surface area contributed by atoms with Crippen LogP contribution in [0.1, 0.15) is 25.0 Å². The third-order valence-corrected chi connectivity index (χ3v) is 11.4. The van der Waals surface area contributed by atoms with E-state index < -0.39 is 0 Å². The Bertz CT molecular complexity index is 3050. The van der Waals surface area contributed by atoms with Gasteiger partial charge in [0.15, 0.2) is 11.2 Å². The standard InChI is InChI=1S/C46H29BrN2O2/c1-46(2)34-13-5-3-11-31(34)42-29(12-9-14-35(42)46)30-20-22-39(44-43(30)33-25-27(47)19-23-40(33)50-44)49-37-16-7-4-10-28(37)32-24-26(18-21-38(32)49)45-48-36-15-6-8-17-41(36)51-45/h3-25H,1-2H3. The number of furan rings is 1. The van der Waals surface area contributed by atoms with Crippen molar-refractivity contribution in [1.82, 2.24) is 9.55 Å². The van der Waals surface area contributed by atoms with E-state index in [9.17, 15) is 0 Å². The van der Waals surface area contributed by atoms with Gasteiger partial charge in [0.25, 0.3) is 0 Å². The highest BCUT2D eigenvalue weighted by molar-refractivity contribution is 9.10. The largest absolute Gasteiger partial charge is 0.454 e. The normalized spacial score (nSPS) is 13.5. The Hall–Kier alpha value is -5.91. The summed E-state index contributed by atoms with van der Waals surface area (Å²) in [6, 6.07) is 49.5. The molecule has 0 unspecified atom stereocenters. The van der Waals surface area contributed by atoms with Crippen molar-refractivity contribution in [3.63, 3.8) is 0 Å². The molecule has 51 heavy (non-hydrogen) atoms. The lowest BCUT2D eigenvalue weighted by Crippen LogP contribution is -2.14. The molecule has 0 radical (unpaired) electrons. The van der Waals surface area contributed by atoms with Gasteiger partial charge in [-0.3, -0.25) is 0 Å². The van der Waals surface area contributed by atoms with E-state index in [-0.39, 0.29) is 5.41 Å². The Balaban J connectivity index is 1.20. The SMILES string of the molecule is CC1(C)c2ccccc2-c2c(-c3ccc(-n4c5ccccc5c5cc(-c6nc7ccccc7o6)ccc54)c4oc5ccc(Br)cc5c34)cccc21. The topological polar surface area (TPSA) is 44.1 Å². The van der Waals surface area contributed by atoms with E-state index in [0.29, 0.717) is 5.89 Å². The van der Waals surface area contributed by atoms with Crippen molar-refractivity contribution in [2.45, 2.75) is 19.3 Å². The first-order valence-corrected chi connectivity index (χ1v) is 18.0. The summed E-state index contributed by atoms with van der Waals surface area (Å²) in [5.41, 5.74) is 15.1.